The Kier molecular flexibility index (Phi) is 89.8. The number of nitrogens with one attached hydrogen (secondary N) is 1. The number of nitrogens with zero attached hydrogens (tertiary/aromatic N) is 1. The molecule has 0 radical (unpaired) electrons. The fraction of sp³-hybridized carbons (Fsp3) is 0.960. The number of hydrogen-bond acceptors (Lipinski definition) is 11. The molecule has 0 aromatic heterocycles. The molecule has 0 rings (SSSR count). The van der Waals surface area contributed by atoms with Crippen LogP contribution >= 0.6 is 0 Å². The molecule has 0 aromatic carbocycles. The van der Waals surface area contributed by atoms with Crippen LogP contribution in [0.2, 0.25) is 0 Å². The molecule has 0 saturated heterocycles. The largest absolute Gasteiger partial charge is 0.465 e. The van der Waals surface area contributed by atoms with Crippen LogP contribution in [0.25, 0.3) is 0 Å². The summed E-state index contributed by atoms with van der Waals surface area (Å²) in [5, 5.41) is 3.88. The van der Waals surface area contributed by atoms with E-state index in [4.69, 9.17) is 23.7 Å². The van der Waals surface area contributed by atoms with Crippen molar-refractivity contribution >= 4 is 23.5 Å². The molecule has 0 fully saturated rings. The third-order valence-electron chi connectivity index (χ3n) is 24.5. The summed E-state index contributed by atoms with van der Waals surface area (Å²) >= 11 is 0. The molecule has 0 aromatic rings. The van der Waals surface area contributed by atoms with E-state index in [0.29, 0.717) is 95.1 Å². The van der Waals surface area contributed by atoms with Crippen LogP contribution in [0.4, 0.5) is 0 Å². The van der Waals surface area contributed by atoms with Crippen LogP contribution in [0.3, 0.4) is 0 Å². The summed E-state index contributed by atoms with van der Waals surface area (Å²) < 4.78 is 30.1. The zero-order valence-electron chi connectivity index (χ0n) is 76.9. The van der Waals surface area contributed by atoms with Gasteiger partial charge in [0, 0.05) is 64.3 Å². The summed E-state index contributed by atoms with van der Waals surface area (Å²) in [6.07, 6.45) is 85.2. The van der Waals surface area contributed by atoms with E-state index in [1.165, 1.54) is 308 Å². The Balaban J connectivity index is 5.32. The molecule has 0 aliphatic carbocycles. The Morgan fingerprint density at radius 2 is 0.482 bits per heavy atom. The minimum atomic E-state index is -0.0193. The highest BCUT2D eigenvalue weighted by atomic mass is 16.5. The zero-order valence-corrected chi connectivity index (χ0v) is 76.9. The van der Waals surface area contributed by atoms with Gasteiger partial charge in [0.15, 0.2) is 0 Å². The Hall–Kier alpha value is -1.92. The Morgan fingerprint density at radius 1 is 0.232 bits per heavy atom. The van der Waals surface area contributed by atoms with Gasteiger partial charge in [-0.05, 0) is 146 Å². The maximum absolute atomic E-state index is 13.3. The predicted octanol–water partition coefficient (Wildman–Crippen LogP) is 30.2. The molecule has 11 nitrogen and oxygen atoms in total. The first-order valence-electron chi connectivity index (χ1n) is 50.6. The number of rotatable bonds is 97. The highest BCUT2D eigenvalue weighted by Crippen LogP contribution is 2.28. The van der Waals surface area contributed by atoms with Gasteiger partial charge in [-0.2, -0.15) is 0 Å². The number of ether oxygens (including phenoxy) is 5. The van der Waals surface area contributed by atoms with Crippen molar-refractivity contribution in [2.75, 3.05) is 79.0 Å². The van der Waals surface area contributed by atoms with Gasteiger partial charge in [0.2, 0.25) is 0 Å². The first-order chi connectivity index (χ1) is 55.1. The highest BCUT2D eigenvalue weighted by Gasteiger charge is 2.19. The standard InChI is InChI=1S/C101H198N2O9/c1-9-17-25-33-37-49-65-93(63-45-29-21-13-5)77-79-98(104)73-55-43-59-82-103(83-60-44-56-74-99(105)80-78-94(64-46-30-22-14-6)66-50-38-34-26-18-10-2)84-62-86-109-88-90-110-89-87-108-85-61-81-102-97(71-53-41-57-75-100(106)111-91-95(67-47-31-23-15-7)69-51-39-35-27-19-11-3)72-54-42-58-76-101(107)112-92-96(68-48-32-24-16-8)70-52-40-36-28-20-12-4/h93-97,102H,9-92H2,1-8H3. The van der Waals surface area contributed by atoms with Crippen LogP contribution in [0.5, 0.6) is 0 Å². The van der Waals surface area contributed by atoms with Gasteiger partial charge >= 0.3 is 11.9 Å². The first-order valence-corrected chi connectivity index (χ1v) is 50.6. The van der Waals surface area contributed by atoms with Gasteiger partial charge in [-0.25, -0.2) is 0 Å². The average molecular weight is 1580 g/mol. The lowest BCUT2D eigenvalue weighted by molar-refractivity contribution is -0.146. The van der Waals surface area contributed by atoms with E-state index in [1.807, 2.05) is 0 Å². The van der Waals surface area contributed by atoms with Crippen molar-refractivity contribution in [3.8, 4) is 0 Å². The monoisotopic (exact) mass is 1580 g/mol. The molecule has 0 aliphatic rings. The van der Waals surface area contributed by atoms with Crippen LogP contribution in [0.1, 0.15) is 518 Å². The number of esters is 2. The van der Waals surface area contributed by atoms with Gasteiger partial charge in [0.25, 0.3) is 0 Å². The number of unbranched alkanes of at least 4 members (excludes halogenated alkanes) is 40. The Morgan fingerprint density at radius 3 is 0.821 bits per heavy atom. The molecule has 0 saturated carbocycles. The molecule has 0 amide bonds. The number of hydrogen-bond donors (Lipinski definition) is 1. The summed E-state index contributed by atoms with van der Waals surface area (Å²) in [6, 6.07) is 0.395. The molecule has 4 unspecified atom stereocenters. The third-order valence-corrected chi connectivity index (χ3v) is 24.5. The van der Waals surface area contributed by atoms with E-state index in [-0.39, 0.29) is 11.9 Å². The third kappa shape index (κ3) is 81.8. The molecule has 0 heterocycles. The second-order valence-corrected chi connectivity index (χ2v) is 35.5. The lowest BCUT2D eigenvalue weighted by Crippen LogP contribution is -2.30. The van der Waals surface area contributed by atoms with Crippen LogP contribution in [0, 0.1) is 23.7 Å². The molecule has 0 aliphatic heterocycles. The van der Waals surface area contributed by atoms with Gasteiger partial charge in [0.05, 0.1) is 39.6 Å². The maximum Gasteiger partial charge on any atom is 0.305 e. The van der Waals surface area contributed by atoms with Crippen molar-refractivity contribution < 1.29 is 42.9 Å². The van der Waals surface area contributed by atoms with E-state index in [1.54, 1.807) is 0 Å². The fourth-order valence-corrected chi connectivity index (χ4v) is 16.8. The van der Waals surface area contributed by atoms with Gasteiger partial charge in [0.1, 0.15) is 11.6 Å². The van der Waals surface area contributed by atoms with E-state index in [9.17, 15) is 19.2 Å². The van der Waals surface area contributed by atoms with E-state index in [0.717, 1.165) is 179 Å². The van der Waals surface area contributed by atoms with Crippen LogP contribution in [-0.4, -0.2) is 113 Å². The van der Waals surface area contributed by atoms with Gasteiger partial charge < -0.3 is 33.9 Å². The zero-order chi connectivity index (χ0) is 81.4. The molecule has 112 heavy (non-hydrogen) atoms. The van der Waals surface area contributed by atoms with Crippen LogP contribution in [0.15, 0.2) is 0 Å². The van der Waals surface area contributed by atoms with Crippen molar-refractivity contribution in [2.45, 2.75) is 524 Å². The minimum Gasteiger partial charge on any atom is -0.465 e. The van der Waals surface area contributed by atoms with E-state index >= 15 is 0 Å². The topological polar surface area (TPSA) is 130 Å². The summed E-state index contributed by atoms with van der Waals surface area (Å²) in [4.78, 5) is 55.3. The molecule has 666 valence electrons. The first kappa shape index (κ1) is 110. The van der Waals surface area contributed by atoms with Crippen molar-refractivity contribution in [3.05, 3.63) is 0 Å². The second kappa shape index (κ2) is 91.4. The van der Waals surface area contributed by atoms with Crippen molar-refractivity contribution in [3.63, 3.8) is 0 Å². The van der Waals surface area contributed by atoms with Gasteiger partial charge in [-0.3, -0.25) is 19.2 Å². The molecular weight excluding hydrogens is 1390 g/mol. The minimum absolute atomic E-state index is 0.0193. The SMILES string of the molecule is CCCCCCCCC(CCCCCC)CCC(=O)CCCCCN(CCCCCC(=O)CCC(CCCCCC)CCCCCCCC)CCCOCCOCCOCCCNC(CCCCCC(=O)OCC(CCCCCC)CCCCCCCC)CCCCCC(=O)OCC(CCCCCC)CCCCCCCC. The Labute approximate surface area is 699 Å². The lowest BCUT2D eigenvalue weighted by Gasteiger charge is -2.22. The molecule has 0 spiro atoms. The molecule has 1 N–H and O–H groups in total. The van der Waals surface area contributed by atoms with Crippen molar-refractivity contribution in [1.82, 2.24) is 10.2 Å². The average Bonchev–Trinajstić information content (AvgIpc) is 1.00. The lowest BCUT2D eigenvalue weighted by atomic mass is 9.89. The number of carbonyl (C=O) groups excluding carboxylic acids is 4. The molecule has 0 bridgehead atoms. The van der Waals surface area contributed by atoms with E-state index < -0.39 is 0 Å². The van der Waals surface area contributed by atoms with Crippen molar-refractivity contribution in [1.29, 1.82) is 0 Å². The summed E-state index contributed by atoms with van der Waals surface area (Å²) in [5.41, 5.74) is 0. The summed E-state index contributed by atoms with van der Waals surface area (Å²) in [6.45, 7) is 27.2. The molecule has 4 atom stereocenters. The Bertz CT molecular complexity index is 1660. The van der Waals surface area contributed by atoms with Gasteiger partial charge in [-0.15, -0.1) is 0 Å². The smallest absolute Gasteiger partial charge is 0.305 e. The second-order valence-electron chi connectivity index (χ2n) is 35.5. The highest BCUT2D eigenvalue weighted by molar-refractivity contribution is 5.78. The summed E-state index contributed by atoms with van der Waals surface area (Å²) in [7, 11) is 0. The number of ketones is 2. The van der Waals surface area contributed by atoms with E-state index in [2.05, 4.69) is 65.6 Å². The van der Waals surface area contributed by atoms with Crippen molar-refractivity contribution in [2.24, 2.45) is 23.7 Å². The van der Waals surface area contributed by atoms with Crippen LogP contribution in [-0.2, 0) is 42.9 Å². The predicted molar refractivity (Wildman–Crippen MR) is 484 cm³/mol. The number of Topliss-reactive ketones (excluding diaryl/α,β-unsaturated/α-hetero) is 2. The quantitative estimate of drug-likeness (QED) is 0.0461. The van der Waals surface area contributed by atoms with Gasteiger partial charge in [-0.1, -0.05) is 376 Å². The number of carbonyl (C=O) groups is 4. The maximum atomic E-state index is 13.3. The summed E-state index contributed by atoms with van der Waals surface area (Å²) in [5.74, 6) is 3.36. The molecule has 11 heteroatoms. The fourth-order valence-electron chi connectivity index (χ4n) is 16.8. The molecular formula is C101H198N2O9. The van der Waals surface area contributed by atoms with Crippen LogP contribution < -0.4 is 5.32 Å². The normalized spacial score (nSPS) is 13.2.